The second-order valence-electron chi connectivity index (χ2n) is 6.02. The first kappa shape index (κ1) is 15.6. The molecule has 0 unspecified atom stereocenters. The maximum Gasteiger partial charge on any atom is -0.0114 e. The summed E-state index contributed by atoms with van der Waals surface area (Å²) < 4.78 is 0. The van der Waals surface area contributed by atoms with Crippen LogP contribution in [0.25, 0.3) is 22.3 Å². The van der Waals surface area contributed by atoms with Gasteiger partial charge in [-0.05, 0) is 58.7 Å². The summed E-state index contributed by atoms with van der Waals surface area (Å²) in [7, 11) is 0. The van der Waals surface area contributed by atoms with Gasteiger partial charge in [0.05, 0.1) is 0 Å². The smallest absolute Gasteiger partial charge is 0.0114 e. The number of aryl methyl sites for hydroxylation is 2. The first-order valence-electron chi connectivity index (χ1n) is 8.52. The van der Waals surface area contributed by atoms with Crippen LogP contribution in [-0.4, -0.2) is 0 Å². The third kappa shape index (κ3) is 2.94. The molecule has 0 aliphatic rings. The van der Waals surface area contributed by atoms with Gasteiger partial charge in [0.1, 0.15) is 0 Å². The molecule has 0 heterocycles. The zero-order valence-corrected chi connectivity index (χ0v) is 14.3. The largest absolute Gasteiger partial charge is 0.0622 e. The van der Waals surface area contributed by atoms with Crippen LogP contribution in [0.1, 0.15) is 30.5 Å². The number of rotatable bonds is 4. The highest BCUT2D eigenvalue weighted by Crippen LogP contribution is 2.38. The lowest BCUT2D eigenvalue weighted by atomic mass is 9.83. The Morgan fingerprint density at radius 3 is 1.65 bits per heavy atom. The summed E-state index contributed by atoms with van der Waals surface area (Å²) in [6.45, 7) is 6.77. The Bertz CT molecular complexity index is 783. The number of benzene rings is 3. The maximum absolute atomic E-state index is 2.38. The van der Waals surface area contributed by atoms with Crippen molar-refractivity contribution in [2.45, 2.75) is 33.6 Å². The Hall–Kier alpha value is -2.34. The van der Waals surface area contributed by atoms with Crippen molar-refractivity contribution in [3.05, 3.63) is 83.4 Å². The van der Waals surface area contributed by atoms with E-state index in [1.54, 1.807) is 0 Å². The summed E-state index contributed by atoms with van der Waals surface area (Å²) in [5.41, 5.74) is 9.79. The Morgan fingerprint density at radius 2 is 1.17 bits per heavy atom. The molecule has 0 radical (unpaired) electrons. The predicted octanol–water partition coefficient (Wildman–Crippen LogP) is 6.45. The van der Waals surface area contributed by atoms with Gasteiger partial charge in [-0.2, -0.15) is 0 Å². The Kier molecular flexibility index (Phi) is 4.62. The van der Waals surface area contributed by atoms with E-state index in [2.05, 4.69) is 87.5 Å². The van der Waals surface area contributed by atoms with Crippen LogP contribution in [0.2, 0.25) is 0 Å². The molecule has 0 saturated carbocycles. The second kappa shape index (κ2) is 6.83. The quantitative estimate of drug-likeness (QED) is 0.519. The summed E-state index contributed by atoms with van der Waals surface area (Å²) >= 11 is 0. The first-order chi connectivity index (χ1) is 11.3. The highest BCUT2D eigenvalue weighted by molar-refractivity contribution is 5.83. The standard InChI is InChI=1S/C23H24/c1-4-18-16-17(3)22(19-12-8-6-9-13-19)21(5-2)23(18)20-14-10-7-11-15-20/h6-16H,4-5H2,1-3H3. The minimum Gasteiger partial charge on any atom is -0.0622 e. The third-order valence-corrected chi connectivity index (χ3v) is 4.57. The van der Waals surface area contributed by atoms with E-state index in [0.717, 1.165) is 12.8 Å². The van der Waals surface area contributed by atoms with Gasteiger partial charge in [-0.3, -0.25) is 0 Å². The zero-order valence-electron chi connectivity index (χ0n) is 14.3. The van der Waals surface area contributed by atoms with Crippen LogP contribution in [0.4, 0.5) is 0 Å². The monoisotopic (exact) mass is 300 g/mol. The van der Waals surface area contributed by atoms with Gasteiger partial charge in [0, 0.05) is 0 Å². The van der Waals surface area contributed by atoms with Crippen LogP contribution in [0.15, 0.2) is 66.7 Å². The van der Waals surface area contributed by atoms with E-state index < -0.39 is 0 Å². The maximum atomic E-state index is 2.38. The highest BCUT2D eigenvalue weighted by Gasteiger charge is 2.16. The average molecular weight is 300 g/mol. The topological polar surface area (TPSA) is 0 Å². The van der Waals surface area contributed by atoms with Crippen molar-refractivity contribution in [3.63, 3.8) is 0 Å². The molecule has 0 aliphatic carbocycles. The van der Waals surface area contributed by atoms with Gasteiger partial charge in [0.25, 0.3) is 0 Å². The van der Waals surface area contributed by atoms with Crippen molar-refractivity contribution in [2.24, 2.45) is 0 Å². The van der Waals surface area contributed by atoms with Crippen molar-refractivity contribution < 1.29 is 0 Å². The molecule has 0 atom stereocenters. The molecule has 116 valence electrons. The van der Waals surface area contributed by atoms with E-state index in [0.29, 0.717) is 0 Å². The van der Waals surface area contributed by atoms with Gasteiger partial charge in [-0.25, -0.2) is 0 Å². The summed E-state index contributed by atoms with van der Waals surface area (Å²) in [6, 6.07) is 24.0. The van der Waals surface area contributed by atoms with E-state index >= 15 is 0 Å². The van der Waals surface area contributed by atoms with Crippen molar-refractivity contribution >= 4 is 0 Å². The van der Waals surface area contributed by atoms with E-state index in [9.17, 15) is 0 Å². The Balaban J connectivity index is 2.35. The molecule has 3 aromatic rings. The van der Waals surface area contributed by atoms with Crippen molar-refractivity contribution in [2.75, 3.05) is 0 Å². The van der Waals surface area contributed by atoms with Gasteiger partial charge in [0.15, 0.2) is 0 Å². The van der Waals surface area contributed by atoms with Gasteiger partial charge in [0.2, 0.25) is 0 Å². The summed E-state index contributed by atoms with van der Waals surface area (Å²) in [5, 5.41) is 0. The van der Waals surface area contributed by atoms with E-state index in [4.69, 9.17) is 0 Å². The zero-order chi connectivity index (χ0) is 16.2. The molecule has 0 spiro atoms. The van der Waals surface area contributed by atoms with Crippen LogP contribution < -0.4 is 0 Å². The number of hydrogen-bond acceptors (Lipinski definition) is 0. The summed E-state index contributed by atoms with van der Waals surface area (Å²) in [5.74, 6) is 0. The molecule has 0 heteroatoms. The lowest BCUT2D eigenvalue weighted by Crippen LogP contribution is -2.00. The number of hydrogen-bond donors (Lipinski definition) is 0. The Morgan fingerprint density at radius 1 is 0.652 bits per heavy atom. The molecule has 0 aliphatic heterocycles. The predicted molar refractivity (Wildman–Crippen MR) is 101 cm³/mol. The highest BCUT2D eigenvalue weighted by atomic mass is 14.2. The van der Waals surface area contributed by atoms with Gasteiger partial charge < -0.3 is 0 Å². The van der Waals surface area contributed by atoms with Gasteiger partial charge in [-0.15, -0.1) is 0 Å². The van der Waals surface area contributed by atoms with E-state index in [1.165, 1.54) is 38.9 Å². The van der Waals surface area contributed by atoms with Crippen molar-refractivity contribution in [1.82, 2.24) is 0 Å². The molecule has 0 amide bonds. The molecule has 0 fully saturated rings. The van der Waals surface area contributed by atoms with Gasteiger partial charge >= 0.3 is 0 Å². The fourth-order valence-electron chi connectivity index (χ4n) is 3.57. The first-order valence-corrected chi connectivity index (χ1v) is 8.52. The third-order valence-electron chi connectivity index (χ3n) is 4.57. The lowest BCUT2D eigenvalue weighted by molar-refractivity contribution is 1.08. The average Bonchev–Trinajstić information content (AvgIpc) is 2.62. The van der Waals surface area contributed by atoms with Crippen LogP contribution in [0.3, 0.4) is 0 Å². The molecule has 3 aromatic carbocycles. The summed E-state index contributed by atoms with van der Waals surface area (Å²) in [4.78, 5) is 0. The lowest BCUT2D eigenvalue weighted by Gasteiger charge is -2.21. The normalized spacial score (nSPS) is 10.7. The molecule has 0 nitrogen and oxygen atoms in total. The molecule has 0 saturated heterocycles. The molecule has 23 heavy (non-hydrogen) atoms. The molecular weight excluding hydrogens is 276 g/mol. The minimum absolute atomic E-state index is 1.04. The second-order valence-corrected chi connectivity index (χ2v) is 6.02. The fraction of sp³-hybridized carbons (Fsp3) is 0.217. The fourth-order valence-corrected chi connectivity index (χ4v) is 3.57. The van der Waals surface area contributed by atoms with Gasteiger partial charge in [-0.1, -0.05) is 80.6 Å². The van der Waals surface area contributed by atoms with Crippen LogP contribution in [0, 0.1) is 6.92 Å². The van der Waals surface area contributed by atoms with E-state index in [-0.39, 0.29) is 0 Å². The van der Waals surface area contributed by atoms with Crippen LogP contribution in [-0.2, 0) is 12.8 Å². The molecule has 0 aromatic heterocycles. The molecule has 0 N–H and O–H groups in total. The Labute approximate surface area is 139 Å². The summed E-state index contributed by atoms with van der Waals surface area (Å²) in [6.07, 6.45) is 2.11. The molecular formula is C23H24. The molecule has 3 rings (SSSR count). The van der Waals surface area contributed by atoms with Crippen molar-refractivity contribution in [1.29, 1.82) is 0 Å². The van der Waals surface area contributed by atoms with Crippen LogP contribution in [0.5, 0.6) is 0 Å². The SMILES string of the molecule is CCc1cc(C)c(-c2ccccc2)c(CC)c1-c1ccccc1. The molecule has 0 bridgehead atoms. The van der Waals surface area contributed by atoms with Crippen LogP contribution >= 0.6 is 0 Å². The van der Waals surface area contributed by atoms with Crippen molar-refractivity contribution in [3.8, 4) is 22.3 Å². The van der Waals surface area contributed by atoms with E-state index in [1.807, 2.05) is 0 Å². The minimum atomic E-state index is 1.04.